The van der Waals surface area contributed by atoms with E-state index in [1.54, 1.807) is 0 Å². The van der Waals surface area contributed by atoms with Gasteiger partial charge in [0.25, 0.3) is 0 Å². The van der Waals surface area contributed by atoms with E-state index in [0.717, 1.165) is 43.9 Å². The third-order valence-electron chi connectivity index (χ3n) is 2.93. The molecule has 2 heterocycles. The standard InChI is InChI=1S/C13H20N4/c1-2-16(8-5-7-14)10-12-11-17-9-4-3-6-13(17)15-12/h3-4,6,9,11H,2,5,7-8,10,14H2,1H3. The van der Waals surface area contributed by atoms with Crippen LogP contribution in [-0.2, 0) is 6.54 Å². The molecule has 0 aliphatic heterocycles. The van der Waals surface area contributed by atoms with E-state index >= 15 is 0 Å². The molecule has 2 aromatic rings. The van der Waals surface area contributed by atoms with E-state index in [1.165, 1.54) is 0 Å². The van der Waals surface area contributed by atoms with Gasteiger partial charge in [0.2, 0.25) is 0 Å². The van der Waals surface area contributed by atoms with Crippen molar-refractivity contribution in [3.05, 3.63) is 36.3 Å². The summed E-state index contributed by atoms with van der Waals surface area (Å²) in [6, 6.07) is 6.06. The zero-order valence-corrected chi connectivity index (χ0v) is 10.3. The number of aromatic nitrogens is 2. The minimum atomic E-state index is 0.752. The largest absolute Gasteiger partial charge is 0.330 e. The molecule has 0 amide bonds. The fourth-order valence-corrected chi connectivity index (χ4v) is 1.96. The van der Waals surface area contributed by atoms with Crippen molar-refractivity contribution in [3.8, 4) is 0 Å². The Balaban J connectivity index is 2.06. The molecule has 2 N–H and O–H groups in total. The van der Waals surface area contributed by atoms with Gasteiger partial charge in [-0.2, -0.15) is 0 Å². The first-order chi connectivity index (χ1) is 8.33. The molecule has 92 valence electrons. The highest BCUT2D eigenvalue weighted by atomic mass is 15.1. The van der Waals surface area contributed by atoms with Crippen LogP contribution in [0.3, 0.4) is 0 Å². The minimum Gasteiger partial charge on any atom is -0.330 e. The van der Waals surface area contributed by atoms with Crippen LogP contribution in [0, 0.1) is 0 Å². The van der Waals surface area contributed by atoms with Gasteiger partial charge in [0, 0.05) is 18.9 Å². The Kier molecular flexibility index (Phi) is 4.12. The van der Waals surface area contributed by atoms with Crippen molar-refractivity contribution in [2.75, 3.05) is 19.6 Å². The Morgan fingerprint density at radius 2 is 2.29 bits per heavy atom. The summed E-state index contributed by atoms with van der Waals surface area (Å²) in [6.07, 6.45) is 5.17. The van der Waals surface area contributed by atoms with Crippen LogP contribution >= 0.6 is 0 Å². The summed E-state index contributed by atoms with van der Waals surface area (Å²) in [5.41, 5.74) is 7.67. The zero-order valence-electron chi connectivity index (χ0n) is 10.3. The molecular formula is C13H20N4. The second-order valence-corrected chi connectivity index (χ2v) is 4.21. The lowest BCUT2D eigenvalue weighted by atomic mass is 10.3. The van der Waals surface area contributed by atoms with Gasteiger partial charge in [0.1, 0.15) is 5.65 Å². The Labute approximate surface area is 102 Å². The molecule has 0 aliphatic carbocycles. The van der Waals surface area contributed by atoms with E-state index in [1.807, 2.05) is 24.4 Å². The quantitative estimate of drug-likeness (QED) is 0.821. The third kappa shape index (κ3) is 3.05. The number of nitrogens with two attached hydrogens (primary N) is 1. The van der Waals surface area contributed by atoms with E-state index in [0.29, 0.717) is 0 Å². The van der Waals surface area contributed by atoms with Gasteiger partial charge in [-0.25, -0.2) is 4.98 Å². The lowest BCUT2D eigenvalue weighted by Crippen LogP contribution is -2.25. The van der Waals surface area contributed by atoms with Gasteiger partial charge in [-0.3, -0.25) is 4.90 Å². The summed E-state index contributed by atoms with van der Waals surface area (Å²) in [5.74, 6) is 0. The normalized spacial score (nSPS) is 11.5. The van der Waals surface area contributed by atoms with E-state index in [-0.39, 0.29) is 0 Å². The van der Waals surface area contributed by atoms with Crippen LogP contribution < -0.4 is 5.73 Å². The van der Waals surface area contributed by atoms with Crippen molar-refractivity contribution in [1.29, 1.82) is 0 Å². The van der Waals surface area contributed by atoms with Crippen molar-refractivity contribution in [2.24, 2.45) is 5.73 Å². The fourth-order valence-electron chi connectivity index (χ4n) is 1.96. The lowest BCUT2D eigenvalue weighted by molar-refractivity contribution is 0.275. The Morgan fingerprint density at radius 3 is 3.00 bits per heavy atom. The zero-order chi connectivity index (χ0) is 12.1. The maximum Gasteiger partial charge on any atom is 0.137 e. The number of imidazole rings is 1. The molecule has 0 spiro atoms. The van der Waals surface area contributed by atoms with E-state index in [9.17, 15) is 0 Å². The van der Waals surface area contributed by atoms with Crippen LogP contribution in [0.2, 0.25) is 0 Å². The molecule has 0 fully saturated rings. The minimum absolute atomic E-state index is 0.752. The molecule has 0 aliphatic rings. The first-order valence-electron chi connectivity index (χ1n) is 6.18. The first kappa shape index (κ1) is 12.1. The summed E-state index contributed by atoms with van der Waals surface area (Å²) in [4.78, 5) is 6.97. The molecule has 0 saturated carbocycles. The van der Waals surface area contributed by atoms with E-state index in [2.05, 4.69) is 27.4 Å². The summed E-state index contributed by atoms with van der Waals surface area (Å²) in [6.45, 7) is 5.90. The topological polar surface area (TPSA) is 46.6 Å². The first-order valence-corrected chi connectivity index (χ1v) is 6.18. The summed E-state index contributed by atoms with van der Waals surface area (Å²) >= 11 is 0. The van der Waals surface area contributed by atoms with Gasteiger partial charge in [-0.1, -0.05) is 13.0 Å². The van der Waals surface area contributed by atoms with Crippen LogP contribution in [0.15, 0.2) is 30.6 Å². The molecule has 0 unspecified atom stereocenters. The third-order valence-corrected chi connectivity index (χ3v) is 2.93. The van der Waals surface area contributed by atoms with Gasteiger partial charge in [0.15, 0.2) is 0 Å². The van der Waals surface area contributed by atoms with Gasteiger partial charge in [-0.15, -0.1) is 0 Å². The van der Waals surface area contributed by atoms with Gasteiger partial charge in [-0.05, 0) is 38.2 Å². The van der Waals surface area contributed by atoms with Crippen LogP contribution in [-0.4, -0.2) is 33.9 Å². The molecule has 0 aromatic carbocycles. The fraction of sp³-hybridized carbons (Fsp3) is 0.462. The number of hydrogen-bond donors (Lipinski definition) is 1. The van der Waals surface area contributed by atoms with Crippen molar-refractivity contribution in [3.63, 3.8) is 0 Å². The SMILES string of the molecule is CCN(CCCN)Cc1cn2ccccc2n1. The maximum atomic E-state index is 5.54. The van der Waals surface area contributed by atoms with Crippen LogP contribution in [0.1, 0.15) is 19.0 Å². The molecule has 0 bridgehead atoms. The van der Waals surface area contributed by atoms with E-state index in [4.69, 9.17) is 5.73 Å². The summed E-state index contributed by atoms with van der Waals surface area (Å²) in [7, 11) is 0. The summed E-state index contributed by atoms with van der Waals surface area (Å²) < 4.78 is 2.06. The van der Waals surface area contributed by atoms with Crippen molar-refractivity contribution in [1.82, 2.24) is 14.3 Å². The number of fused-ring (bicyclic) bond motifs is 1. The van der Waals surface area contributed by atoms with Gasteiger partial charge >= 0.3 is 0 Å². The van der Waals surface area contributed by atoms with Crippen molar-refractivity contribution < 1.29 is 0 Å². The molecule has 0 radical (unpaired) electrons. The molecule has 0 saturated heterocycles. The molecule has 17 heavy (non-hydrogen) atoms. The smallest absolute Gasteiger partial charge is 0.137 e. The molecular weight excluding hydrogens is 212 g/mol. The summed E-state index contributed by atoms with van der Waals surface area (Å²) in [5, 5.41) is 0. The lowest BCUT2D eigenvalue weighted by Gasteiger charge is -2.18. The number of pyridine rings is 1. The second-order valence-electron chi connectivity index (χ2n) is 4.21. The van der Waals surface area contributed by atoms with Gasteiger partial charge in [0.05, 0.1) is 5.69 Å². The number of rotatable bonds is 6. The average Bonchev–Trinajstić information content (AvgIpc) is 2.76. The van der Waals surface area contributed by atoms with Gasteiger partial charge < -0.3 is 10.1 Å². The Morgan fingerprint density at radius 1 is 1.41 bits per heavy atom. The maximum absolute atomic E-state index is 5.54. The highest BCUT2D eigenvalue weighted by Crippen LogP contribution is 2.07. The highest BCUT2D eigenvalue weighted by molar-refractivity contribution is 5.39. The molecule has 4 nitrogen and oxygen atoms in total. The Bertz CT molecular complexity index is 430. The monoisotopic (exact) mass is 232 g/mol. The van der Waals surface area contributed by atoms with Crippen molar-refractivity contribution >= 4 is 5.65 Å². The Hall–Kier alpha value is -1.39. The second kappa shape index (κ2) is 5.80. The molecule has 4 heteroatoms. The molecule has 2 rings (SSSR count). The van der Waals surface area contributed by atoms with E-state index < -0.39 is 0 Å². The highest BCUT2D eigenvalue weighted by Gasteiger charge is 2.06. The van der Waals surface area contributed by atoms with Crippen LogP contribution in [0.4, 0.5) is 0 Å². The average molecular weight is 232 g/mol. The molecule has 0 atom stereocenters. The molecule has 2 aromatic heterocycles. The number of nitrogens with zero attached hydrogens (tertiary/aromatic N) is 3. The van der Waals surface area contributed by atoms with Crippen LogP contribution in [0.25, 0.3) is 5.65 Å². The predicted molar refractivity (Wildman–Crippen MR) is 69.8 cm³/mol. The predicted octanol–water partition coefficient (Wildman–Crippen LogP) is 1.50. The van der Waals surface area contributed by atoms with Crippen LogP contribution in [0.5, 0.6) is 0 Å². The van der Waals surface area contributed by atoms with Crippen molar-refractivity contribution in [2.45, 2.75) is 19.9 Å². The number of hydrogen-bond acceptors (Lipinski definition) is 3.